The third-order valence-corrected chi connectivity index (χ3v) is 10.3. The molecule has 1 atom stereocenters. The molecule has 0 aliphatic heterocycles. The molecule has 0 aromatic carbocycles. The van der Waals surface area contributed by atoms with E-state index >= 15 is 0 Å². The van der Waals surface area contributed by atoms with Gasteiger partial charge in [-0.3, -0.25) is 0 Å². The lowest BCUT2D eigenvalue weighted by Crippen LogP contribution is -2.72. The minimum Gasteiger partial charge on any atom is -0.387 e. The Morgan fingerprint density at radius 2 is 0.489 bits per heavy atom. The fraction of sp³-hybridized carbons (Fsp3) is 1.00. The van der Waals surface area contributed by atoms with Crippen molar-refractivity contribution in [2.24, 2.45) is 0 Å². The van der Waals surface area contributed by atoms with Gasteiger partial charge in [0.05, 0.1) is 0 Å². The molecule has 7 N–H and O–H groups in total. The maximum atomic E-state index is 10.4. The molecule has 7 nitrogen and oxygen atoms in total. The SMILES string of the molecule is OC1CCCCCCCCCCCCCCCCCCCCCCCCCCCCCCCCCCC(O)(O)C(O)(O)C1(O)O. The molecule has 0 amide bonds. The lowest BCUT2D eigenvalue weighted by molar-refractivity contribution is -0.467. The van der Waals surface area contributed by atoms with E-state index in [1.54, 1.807) is 0 Å². The lowest BCUT2D eigenvalue weighted by Gasteiger charge is -2.44. The number of rotatable bonds is 0. The van der Waals surface area contributed by atoms with E-state index in [9.17, 15) is 35.7 Å². The standard InChI is InChI=1S/C38H76O7/c39-35-33-31-29-27-25-23-21-19-17-15-13-11-9-7-5-3-1-2-4-6-8-10-12-14-16-18-20-22-24-26-28-30-32-34-36(40,41)38(44,45)37(35,42)43/h35,39-45H,1-34H2. The molecule has 0 spiro atoms. The van der Waals surface area contributed by atoms with Crippen molar-refractivity contribution in [1.29, 1.82) is 0 Å². The van der Waals surface area contributed by atoms with Crippen molar-refractivity contribution in [2.75, 3.05) is 0 Å². The highest BCUT2D eigenvalue weighted by Crippen LogP contribution is 2.35. The number of aliphatic hydroxyl groups is 7. The maximum Gasteiger partial charge on any atom is 0.276 e. The molecule has 1 saturated carbocycles. The van der Waals surface area contributed by atoms with Gasteiger partial charge >= 0.3 is 0 Å². The first kappa shape index (κ1) is 42.7. The monoisotopic (exact) mass is 645 g/mol. The Bertz CT molecular complexity index is 652. The van der Waals surface area contributed by atoms with Gasteiger partial charge in [0.2, 0.25) is 5.79 Å². The van der Waals surface area contributed by atoms with Crippen LogP contribution in [0.5, 0.6) is 0 Å². The second-order valence-corrected chi connectivity index (χ2v) is 14.6. The molecule has 7 heteroatoms. The summed E-state index contributed by atoms with van der Waals surface area (Å²) in [6, 6.07) is 0. The maximum absolute atomic E-state index is 10.4. The molecule has 0 aromatic rings. The van der Waals surface area contributed by atoms with Crippen LogP contribution in [0.4, 0.5) is 0 Å². The van der Waals surface area contributed by atoms with Crippen molar-refractivity contribution in [2.45, 2.75) is 242 Å². The zero-order valence-electron chi connectivity index (χ0n) is 29.2. The van der Waals surface area contributed by atoms with Crippen molar-refractivity contribution in [3.8, 4) is 0 Å². The first-order valence-corrected chi connectivity index (χ1v) is 19.7. The Labute approximate surface area is 277 Å². The van der Waals surface area contributed by atoms with Gasteiger partial charge in [-0.25, -0.2) is 0 Å². The quantitative estimate of drug-likeness (QED) is 0.131. The van der Waals surface area contributed by atoms with Gasteiger partial charge in [0.25, 0.3) is 11.6 Å². The van der Waals surface area contributed by atoms with Gasteiger partial charge in [0.1, 0.15) is 6.10 Å². The molecule has 0 aromatic heterocycles. The predicted molar refractivity (Wildman–Crippen MR) is 184 cm³/mol. The van der Waals surface area contributed by atoms with Crippen molar-refractivity contribution in [3.05, 3.63) is 0 Å². The summed E-state index contributed by atoms with van der Waals surface area (Å²) < 4.78 is 0. The van der Waals surface area contributed by atoms with Crippen LogP contribution >= 0.6 is 0 Å². The molecule has 0 bridgehead atoms. The Hall–Kier alpha value is -0.280. The van der Waals surface area contributed by atoms with Crippen LogP contribution < -0.4 is 0 Å². The third kappa shape index (κ3) is 20.0. The van der Waals surface area contributed by atoms with E-state index < -0.39 is 29.9 Å². The molecule has 1 fully saturated rings. The van der Waals surface area contributed by atoms with Crippen molar-refractivity contribution < 1.29 is 35.7 Å². The first-order chi connectivity index (χ1) is 21.6. The minimum absolute atomic E-state index is 0.0774. The van der Waals surface area contributed by atoms with Crippen LogP contribution in [0.25, 0.3) is 0 Å². The molecule has 1 rings (SSSR count). The Balaban J connectivity index is 2.38. The lowest BCUT2D eigenvalue weighted by atomic mass is 9.86. The molecule has 0 radical (unpaired) electrons. The molecule has 270 valence electrons. The van der Waals surface area contributed by atoms with E-state index in [0.717, 1.165) is 38.5 Å². The van der Waals surface area contributed by atoms with E-state index in [-0.39, 0.29) is 6.42 Å². The van der Waals surface area contributed by atoms with E-state index in [0.29, 0.717) is 19.3 Å². The average Bonchev–Trinajstić information content (AvgIpc) is 3.00. The topological polar surface area (TPSA) is 142 Å². The van der Waals surface area contributed by atoms with E-state index in [1.165, 1.54) is 148 Å². The number of hydrogen-bond donors (Lipinski definition) is 7. The first-order valence-electron chi connectivity index (χ1n) is 19.7. The van der Waals surface area contributed by atoms with Crippen molar-refractivity contribution >= 4 is 0 Å². The van der Waals surface area contributed by atoms with Gasteiger partial charge < -0.3 is 35.7 Å². The predicted octanol–water partition coefficient (Wildman–Crippen LogP) is 8.67. The van der Waals surface area contributed by atoms with Crippen LogP contribution in [0.2, 0.25) is 0 Å². The minimum atomic E-state index is -3.69. The van der Waals surface area contributed by atoms with E-state index in [4.69, 9.17) is 0 Å². The van der Waals surface area contributed by atoms with Crippen LogP contribution in [0.3, 0.4) is 0 Å². The Kier molecular flexibility index (Phi) is 25.3. The fourth-order valence-corrected chi connectivity index (χ4v) is 6.92. The van der Waals surface area contributed by atoms with Crippen molar-refractivity contribution in [3.63, 3.8) is 0 Å². The summed E-state index contributed by atoms with van der Waals surface area (Å²) in [6.07, 6.45) is 35.8. The van der Waals surface area contributed by atoms with Gasteiger partial charge in [0, 0.05) is 6.42 Å². The largest absolute Gasteiger partial charge is 0.387 e. The highest BCUT2D eigenvalue weighted by Gasteiger charge is 2.63. The highest BCUT2D eigenvalue weighted by molar-refractivity contribution is 4.97. The van der Waals surface area contributed by atoms with Crippen LogP contribution in [0, 0.1) is 0 Å². The molecule has 0 saturated heterocycles. The summed E-state index contributed by atoms with van der Waals surface area (Å²) in [6.45, 7) is 0. The second kappa shape index (κ2) is 26.6. The van der Waals surface area contributed by atoms with Gasteiger partial charge in [-0.2, -0.15) is 0 Å². The van der Waals surface area contributed by atoms with Crippen LogP contribution in [-0.2, 0) is 0 Å². The molecule has 1 aliphatic carbocycles. The fourth-order valence-electron chi connectivity index (χ4n) is 6.92. The zero-order chi connectivity index (χ0) is 33.1. The summed E-state index contributed by atoms with van der Waals surface area (Å²) in [4.78, 5) is 0. The van der Waals surface area contributed by atoms with E-state index in [1.807, 2.05) is 0 Å². The summed E-state index contributed by atoms with van der Waals surface area (Å²) in [5, 5.41) is 72.6. The normalized spacial score (nSPS) is 27.4. The van der Waals surface area contributed by atoms with Crippen LogP contribution in [0.1, 0.15) is 218 Å². The Morgan fingerprint density at radius 3 is 0.733 bits per heavy atom. The number of hydrogen-bond acceptors (Lipinski definition) is 7. The van der Waals surface area contributed by atoms with Gasteiger partial charge in [-0.15, -0.1) is 0 Å². The molecule has 45 heavy (non-hydrogen) atoms. The van der Waals surface area contributed by atoms with Gasteiger partial charge in [0.15, 0.2) is 0 Å². The molecule has 1 unspecified atom stereocenters. The summed E-state index contributed by atoms with van der Waals surface area (Å²) in [5.41, 5.74) is 0. The highest BCUT2D eigenvalue weighted by atomic mass is 16.7. The molecular formula is C38H76O7. The second-order valence-electron chi connectivity index (χ2n) is 14.6. The summed E-state index contributed by atoms with van der Waals surface area (Å²) in [7, 11) is 0. The summed E-state index contributed by atoms with van der Waals surface area (Å²) in [5.74, 6) is -10.3. The molecule has 0 heterocycles. The zero-order valence-corrected chi connectivity index (χ0v) is 29.2. The van der Waals surface area contributed by atoms with Gasteiger partial charge in [-0.05, 0) is 12.8 Å². The summed E-state index contributed by atoms with van der Waals surface area (Å²) >= 11 is 0. The average molecular weight is 645 g/mol. The van der Waals surface area contributed by atoms with Crippen LogP contribution in [0.15, 0.2) is 0 Å². The number of aliphatic hydroxyl groups excluding tert-OH is 1. The van der Waals surface area contributed by atoms with E-state index in [2.05, 4.69) is 0 Å². The van der Waals surface area contributed by atoms with Crippen LogP contribution in [-0.4, -0.2) is 59.2 Å². The smallest absolute Gasteiger partial charge is 0.276 e. The Morgan fingerprint density at radius 1 is 0.289 bits per heavy atom. The van der Waals surface area contributed by atoms with Crippen molar-refractivity contribution in [1.82, 2.24) is 0 Å². The molecule has 1 aliphatic rings. The molecular weight excluding hydrogens is 568 g/mol. The van der Waals surface area contributed by atoms with Gasteiger partial charge in [-0.1, -0.05) is 199 Å². The third-order valence-electron chi connectivity index (χ3n) is 10.3.